The van der Waals surface area contributed by atoms with Crippen molar-refractivity contribution < 1.29 is 18.3 Å². The first-order valence-electron chi connectivity index (χ1n) is 10.3. The molecule has 1 heterocycles. The molecule has 0 bridgehead atoms. The molecule has 31 heavy (non-hydrogen) atoms. The highest BCUT2D eigenvalue weighted by molar-refractivity contribution is 5.78. The summed E-state index contributed by atoms with van der Waals surface area (Å²) in [6.45, 7) is 2.46. The standard InChI is InChI=1S/C25H24F2N2O2/c26-21-12-18(13-22(27)15-21)14-25(30)28-10-11-29-16-20-8-4-5-9-23(20)31-24(17-29)19-6-2-1-3-7-19/h1-9,12-13,15,24H,10-11,14,16-17H2,(H,28,30). The van der Waals surface area contributed by atoms with Gasteiger partial charge in [-0.05, 0) is 29.3 Å². The Kier molecular flexibility index (Phi) is 6.57. The molecular weight excluding hydrogens is 398 g/mol. The highest BCUT2D eigenvalue weighted by Crippen LogP contribution is 2.30. The predicted octanol–water partition coefficient (Wildman–Crippen LogP) is 4.26. The molecule has 0 fully saturated rings. The summed E-state index contributed by atoms with van der Waals surface area (Å²) in [5, 5.41) is 2.85. The van der Waals surface area contributed by atoms with Crippen LogP contribution in [0.1, 0.15) is 22.8 Å². The lowest BCUT2D eigenvalue weighted by Gasteiger charge is -2.24. The van der Waals surface area contributed by atoms with Crippen LogP contribution in [0.3, 0.4) is 0 Å². The van der Waals surface area contributed by atoms with Crippen molar-refractivity contribution >= 4 is 5.91 Å². The van der Waals surface area contributed by atoms with Crippen LogP contribution in [-0.2, 0) is 17.8 Å². The molecule has 0 saturated carbocycles. The molecule has 0 saturated heterocycles. The average Bonchev–Trinajstić information content (AvgIpc) is 2.93. The van der Waals surface area contributed by atoms with Gasteiger partial charge in [-0.3, -0.25) is 9.69 Å². The normalized spacial score (nSPS) is 16.1. The maximum atomic E-state index is 13.3. The van der Waals surface area contributed by atoms with E-state index < -0.39 is 11.6 Å². The van der Waals surface area contributed by atoms with E-state index in [9.17, 15) is 13.6 Å². The van der Waals surface area contributed by atoms with Crippen LogP contribution >= 0.6 is 0 Å². The van der Waals surface area contributed by atoms with Crippen molar-refractivity contribution in [2.45, 2.75) is 19.1 Å². The van der Waals surface area contributed by atoms with E-state index in [0.717, 1.165) is 22.9 Å². The number of para-hydroxylation sites is 1. The minimum absolute atomic E-state index is 0.0622. The van der Waals surface area contributed by atoms with Gasteiger partial charge >= 0.3 is 0 Å². The molecule has 1 atom stereocenters. The van der Waals surface area contributed by atoms with Crippen molar-refractivity contribution in [3.05, 3.63) is 101 Å². The summed E-state index contributed by atoms with van der Waals surface area (Å²) in [5.41, 5.74) is 2.51. The van der Waals surface area contributed by atoms with Crippen molar-refractivity contribution in [2.24, 2.45) is 0 Å². The Morgan fingerprint density at radius 2 is 1.71 bits per heavy atom. The van der Waals surface area contributed by atoms with E-state index in [1.807, 2.05) is 42.5 Å². The Hall–Kier alpha value is -3.25. The van der Waals surface area contributed by atoms with Crippen LogP contribution in [0.5, 0.6) is 5.75 Å². The van der Waals surface area contributed by atoms with Crippen molar-refractivity contribution in [1.29, 1.82) is 0 Å². The number of halogens is 2. The second kappa shape index (κ2) is 9.71. The van der Waals surface area contributed by atoms with Crippen molar-refractivity contribution in [3.8, 4) is 5.75 Å². The van der Waals surface area contributed by atoms with E-state index in [4.69, 9.17) is 4.74 Å². The van der Waals surface area contributed by atoms with Crippen LogP contribution in [-0.4, -0.2) is 30.4 Å². The zero-order valence-corrected chi connectivity index (χ0v) is 17.1. The lowest BCUT2D eigenvalue weighted by molar-refractivity contribution is -0.120. The van der Waals surface area contributed by atoms with Crippen molar-refractivity contribution in [3.63, 3.8) is 0 Å². The fraction of sp³-hybridized carbons (Fsp3) is 0.240. The van der Waals surface area contributed by atoms with E-state index in [-0.39, 0.29) is 18.4 Å². The third-order valence-electron chi connectivity index (χ3n) is 5.27. The molecule has 1 amide bonds. The molecule has 0 aliphatic carbocycles. The predicted molar refractivity (Wildman–Crippen MR) is 115 cm³/mol. The topological polar surface area (TPSA) is 41.6 Å². The summed E-state index contributed by atoms with van der Waals surface area (Å²) in [6.07, 6.45) is -0.177. The average molecular weight is 422 g/mol. The molecule has 6 heteroatoms. The highest BCUT2D eigenvalue weighted by atomic mass is 19.1. The maximum absolute atomic E-state index is 13.3. The van der Waals surface area contributed by atoms with Gasteiger partial charge in [-0.1, -0.05) is 48.5 Å². The Morgan fingerprint density at radius 3 is 2.48 bits per heavy atom. The second-order valence-corrected chi connectivity index (χ2v) is 7.66. The van der Waals surface area contributed by atoms with Gasteiger partial charge in [0.25, 0.3) is 0 Å². The lowest BCUT2D eigenvalue weighted by Crippen LogP contribution is -2.37. The van der Waals surface area contributed by atoms with Crippen LogP contribution in [0, 0.1) is 11.6 Å². The van der Waals surface area contributed by atoms with Gasteiger partial charge in [0.05, 0.1) is 6.42 Å². The van der Waals surface area contributed by atoms with Gasteiger partial charge in [0.2, 0.25) is 5.91 Å². The summed E-state index contributed by atoms with van der Waals surface area (Å²) < 4.78 is 32.9. The van der Waals surface area contributed by atoms with E-state index in [2.05, 4.69) is 22.3 Å². The number of hydrogen-bond donors (Lipinski definition) is 1. The number of amides is 1. The van der Waals surface area contributed by atoms with Crippen molar-refractivity contribution in [1.82, 2.24) is 10.2 Å². The summed E-state index contributed by atoms with van der Waals surface area (Å²) in [5.74, 6) is -0.761. The molecule has 1 unspecified atom stereocenters. The van der Waals surface area contributed by atoms with Crippen LogP contribution in [0.25, 0.3) is 0 Å². The third-order valence-corrected chi connectivity index (χ3v) is 5.27. The minimum atomic E-state index is -0.682. The van der Waals surface area contributed by atoms with Crippen molar-refractivity contribution in [2.75, 3.05) is 19.6 Å². The number of benzene rings is 3. The summed E-state index contributed by atoms with van der Waals surface area (Å²) >= 11 is 0. The molecule has 3 aromatic rings. The summed E-state index contributed by atoms with van der Waals surface area (Å²) in [7, 11) is 0. The van der Waals surface area contributed by atoms with E-state index in [1.165, 1.54) is 12.1 Å². The molecule has 0 aromatic heterocycles. The fourth-order valence-corrected chi connectivity index (χ4v) is 3.81. The number of hydrogen-bond acceptors (Lipinski definition) is 3. The molecule has 3 aromatic carbocycles. The molecule has 0 radical (unpaired) electrons. The quantitative estimate of drug-likeness (QED) is 0.646. The number of carbonyl (C=O) groups excluding carboxylic acids is 1. The number of fused-ring (bicyclic) bond motifs is 1. The zero-order valence-electron chi connectivity index (χ0n) is 17.1. The Balaban J connectivity index is 1.38. The largest absolute Gasteiger partial charge is 0.484 e. The van der Waals surface area contributed by atoms with Crippen LogP contribution in [0.2, 0.25) is 0 Å². The van der Waals surface area contributed by atoms with Gasteiger partial charge in [-0.15, -0.1) is 0 Å². The Bertz CT molecular complexity index is 1020. The van der Waals surface area contributed by atoms with E-state index in [0.29, 0.717) is 31.7 Å². The number of nitrogens with zero attached hydrogens (tertiary/aromatic N) is 1. The monoisotopic (exact) mass is 422 g/mol. The number of ether oxygens (including phenoxy) is 1. The van der Waals surface area contributed by atoms with Crippen LogP contribution < -0.4 is 10.1 Å². The second-order valence-electron chi connectivity index (χ2n) is 7.66. The van der Waals surface area contributed by atoms with Gasteiger partial charge in [0.15, 0.2) is 0 Å². The SMILES string of the molecule is O=C(Cc1cc(F)cc(F)c1)NCCN1Cc2ccccc2OC(c2ccccc2)C1. The van der Waals surface area contributed by atoms with Gasteiger partial charge in [-0.2, -0.15) is 0 Å². The molecule has 1 aliphatic rings. The third kappa shape index (κ3) is 5.67. The Labute approximate surface area is 180 Å². The molecule has 160 valence electrons. The highest BCUT2D eigenvalue weighted by Gasteiger charge is 2.24. The first-order chi connectivity index (χ1) is 15.1. The fourth-order valence-electron chi connectivity index (χ4n) is 3.81. The number of nitrogens with one attached hydrogen (secondary N) is 1. The lowest BCUT2D eigenvalue weighted by atomic mass is 10.1. The van der Waals surface area contributed by atoms with Gasteiger partial charge in [0, 0.05) is 37.8 Å². The molecule has 4 nitrogen and oxygen atoms in total. The first kappa shape index (κ1) is 21.0. The van der Waals surface area contributed by atoms with Gasteiger partial charge in [-0.25, -0.2) is 8.78 Å². The maximum Gasteiger partial charge on any atom is 0.224 e. The van der Waals surface area contributed by atoms with Gasteiger partial charge < -0.3 is 10.1 Å². The number of rotatable bonds is 6. The van der Waals surface area contributed by atoms with Crippen LogP contribution in [0.4, 0.5) is 8.78 Å². The minimum Gasteiger partial charge on any atom is -0.484 e. The smallest absolute Gasteiger partial charge is 0.224 e. The molecule has 0 spiro atoms. The van der Waals surface area contributed by atoms with E-state index >= 15 is 0 Å². The Morgan fingerprint density at radius 1 is 1.00 bits per heavy atom. The van der Waals surface area contributed by atoms with Gasteiger partial charge in [0.1, 0.15) is 23.5 Å². The molecule has 1 aliphatic heterocycles. The zero-order chi connectivity index (χ0) is 21.6. The summed E-state index contributed by atoms with van der Waals surface area (Å²) in [6, 6.07) is 21.2. The molecule has 1 N–H and O–H groups in total. The first-order valence-corrected chi connectivity index (χ1v) is 10.3. The molecule has 4 rings (SSSR count). The van der Waals surface area contributed by atoms with E-state index in [1.54, 1.807) is 0 Å². The summed E-state index contributed by atoms with van der Waals surface area (Å²) in [4.78, 5) is 14.5. The molecular formula is C25H24F2N2O2. The van der Waals surface area contributed by atoms with Crippen LogP contribution in [0.15, 0.2) is 72.8 Å². The number of carbonyl (C=O) groups is 1.